The smallest absolute Gasteiger partial charge is 0.251 e. The lowest BCUT2D eigenvalue weighted by Crippen LogP contribution is -2.04. The fourth-order valence-electron chi connectivity index (χ4n) is 0.646. The van der Waals surface area contributed by atoms with Gasteiger partial charge in [-0.25, -0.2) is 4.98 Å². The van der Waals surface area contributed by atoms with Crippen LogP contribution in [-0.4, -0.2) is 9.97 Å². The third kappa shape index (κ3) is 1.55. The van der Waals surface area contributed by atoms with Gasteiger partial charge in [0, 0.05) is 6.07 Å². The number of aromatic amines is 1. The van der Waals surface area contributed by atoms with Crippen LogP contribution in [0.15, 0.2) is 23.3 Å². The average molecular weight is 136 g/mol. The van der Waals surface area contributed by atoms with E-state index in [1.165, 1.54) is 12.4 Å². The molecule has 0 saturated carbocycles. The number of H-pyrrole nitrogens is 1. The highest BCUT2D eigenvalue weighted by Gasteiger charge is 1.85. The summed E-state index contributed by atoms with van der Waals surface area (Å²) in [7, 11) is 0. The molecule has 3 nitrogen and oxygen atoms in total. The van der Waals surface area contributed by atoms with Crippen LogP contribution >= 0.6 is 0 Å². The summed E-state index contributed by atoms with van der Waals surface area (Å²) in [6.07, 6.45) is 4.99. The molecule has 0 unspecified atom stereocenters. The molecule has 0 radical (unpaired) electrons. The van der Waals surface area contributed by atoms with Gasteiger partial charge in [0.1, 0.15) is 0 Å². The molecule has 0 fully saturated rings. The van der Waals surface area contributed by atoms with Crippen LogP contribution in [0.5, 0.6) is 0 Å². The van der Waals surface area contributed by atoms with Crippen molar-refractivity contribution in [2.45, 2.75) is 6.92 Å². The Labute approximate surface area is 58.4 Å². The summed E-state index contributed by atoms with van der Waals surface area (Å²) >= 11 is 0. The van der Waals surface area contributed by atoms with Crippen LogP contribution in [0.1, 0.15) is 12.6 Å². The van der Waals surface area contributed by atoms with Gasteiger partial charge in [0.25, 0.3) is 5.56 Å². The van der Waals surface area contributed by atoms with E-state index >= 15 is 0 Å². The monoisotopic (exact) mass is 136 g/mol. The molecule has 1 aromatic heterocycles. The van der Waals surface area contributed by atoms with Gasteiger partial charge in [0.15, 0.2) is 0 Å². The van der Waals surface area contributed by atoms with Gasteiger partial charge in [0.2, 0.25) is 0 Å². The van der Waals surface area contributed by atoms with E-state index in [1.807, 2.05) is 13.0 Å². The normalized spacial score (nSPS) is 10.5. The molecular weight excluding hydrogens is 128 g/mol. The molecule has 0 amide bonds. The number of allylic oxidation sites excluding steroid dienone is 1. The molecule has 0 spiro atoms. The Hall–Kier alpha value is -1.38. The Morgan fingerprint density at radius 3 is 3.10 bits per heavy atom. The Kier molecular flexibility index (Phi) is 1.99. The largest absolute Gasteiger partial charge is 0.313 e. The summed E-state index contributed by atoms with van der Waals surface area (Å²) in [5, 5.41) is 0. The van der Waals surface area contributed by atoms with Crippen LogP contribution in [0, 0.1) is 0 Å². The maximum atomic E-state index is 10.6. The molecule has 52 valence electrons. The SMILES string of the molecule is C/C=C/c1cc(=O)[nH]cn1. The van der Waals surface area contributed by atoms with E-state index in [0.29, 0.717) is 5.69 Å². The molecule has 3 heteroatoms. The topological polar surface area (TPSA) is 45.8 Å². The zero-order valence-corrected chi connectivity index (χ0v) is 5.66. The first-order valence-electron chi connectivity index (χ1n) is 3.00. The first-order chi connectivity index (χ1) is 4.83. The quantitative estimate of drug-likeness (QED) is 0.620. The lowest BCUT2D eigenvalue weighted by Gasteiger charge is -1.86. The molecule has 1 N–H and O–H groups in total. The number of nitrogens with one attached hydrogen (secondary N) is 1. The number of hydrogen-bond donors (Lipinski definition) is 1. The number of rotatable bonds is 1. The zero-order valence-electron chi connectivity index (χ0n) is 5.66. The van der Waals surface area contributed by atoms with Crippen LogP contribution in [0.4, 0.5) is 0 Å². The van der Waals surface area contributed by atoms with Gasteiger partial charge in [-0.1, -0.05) is 6.08 Å². The molecule has 0 atom stereocenters. The molecule has 0 aliphatic carbocycles. The Bertz CT molecular complexity index is 288. The van der Waals surface area contributed by atoms with E-state index in [-0.39, 0.29) is 5.56 Å². The van der Waals surface area contributed by atoms with E-state index in [0.717, 1.165) is 0 Å². The second-order valence-electron chi connectivity index (χ2n) is 1.84. The zero-order chi connectivity index (χ0) is 7.40. The second-order valence-corrected chi connectivity index (χ2v) is 1.84. The molecular formula is C7H8N2O. The maximum absolute atomic E-state index is 10.6. The van der Waals surface area contributed by atoms with Gasteiger partial charge < -0.3 is 4.98 Å². The first kappa shape index (κ1) is 6.74. The van der Waals surface area contributed by atoms with Crippen molar-refractivity contribution < 1.29 is 0 Å². The van der Waals surface area contributed by atoms with Crippen molar-refractivity contribution >= 4 is 6.08 Å². The minimum atomic E-state index is -0.122. The fraction of sp³-hybridized carbons (Fsp3) is 0.143. The third-order valence-corrected chi connectivity index (χ3v) is 1.04. The summed E-state index contributed by atoms with van der Waals surface area (Å²) < 4.78 is 0. The van der Waals surface area contributed by atoms with E-state index in [1.54, 1.807) is 6.08 Å². The Balaban J connectivity index is 3.07. The number of nitrogens with zero attached hydrogens (tertiary/aromatic N) is 1. The number of hydrogen-bond acceptors (Lipinski definition) is 2. The van der Waals surface area contributed by atoms with Crippen LogP contribution < -0.4 is 5.56 Å². The van der Waals surface area contributed by atoms with E-state index in [4.69, 9.17) is 0 Å². The predicted octanol–water partition coefficient (Wildman–Crippen LogP) is 0.803. The lowest BCUT2D eigenvalue weighted by molar-refractivity contribution is 1.10. The van der Waals surface area contributed by atoms with Crippen LogP contribution in [0.3, 0.4) is 0 Å². The van der Waals surface area contributed by atoms with Crippen molar-refractivity contribution in [1.29, 1.82) is 0 Å². The Morgan fingerprint density at radius 1 is 1.70 bits per heavy atom. The van der Waals surface area contributed by atoms with Crippen molar-refractivity contribution in [1.82, 2.24) is 9.97 Å². The minimum absolute atomic E-state index is 0.122. The summed E-state index contributed by atoms with van der Waals surface area (Å²) in [5.74, 6) is 0. The van der Waals surface area contributed by atoms with Gasteiger partial charge in [-0.15, -0.1) is 0 Å². The molecule has 10 heavy (non-hydrogen) atoms. The van der Waals surface area contributed by atoms with E-state index < -0.39 is 0 Å². The van der Waals surface area contributed by atoms with Gasteiger partial charge in [-0.2, -0.15) is 0 Å². The standard InChI is InChI=1S/C7H8N2O/c1-2-3-6-4-7(10)9-5-8-6/h2-5H,1H3,(H,8,9,10)/b3-2+. The third-order valence-electron chi connectivity index (χ3n) is 1.04. The van der Waals surface area contributed by atoms with Crippen LogP contribution in [0.25, 0.3) is 6.08 Å². The molecule has 0 aromatic carbocycles. The summed E-state index contributed by atoms with van der Waals surface area (Å²) in [4.78, 5) is 17.0. The van der Waals surface area contributed by atoms with Crippen molar-refractivity contribution in [2.24, 2.45) is 0 Å². The number of aromatic nitrogens is 2. The molecule has 1 aromatic rings. The second kappa shape index (κ2) is 2.96. The summed E-state index contributed by atoms with van der Waals surface area (Å²) in [6.45, 7) is 1.88. The van der Waals surface area contributed by atoms with Gasteiger partial charge in [-0.05, 0) is 13.0 Å². The summed E-state index contributed by atoms with van der Waals surface area (Å²) in [6, 6.07) is 1.44. The molecule has 0 aliphatic heterocycles. The van der Waals surface area contributed by atoms with E-state index in [2.05, 4.69) is 9.97 Å². The summed E-state index contributed by atoms with van der Waals surface area (Å²) in [5.41, 5.74) is 0.564. The highest BCUT2D eigenvalue weighted by Crippen LogP contribution is 1.89. The highest BCUT2D eigenvalue weighted by atomic mass is 16.1. The van der Waals surface area contributed by atoms with Gasteiger partial charge in [0.05, 0.1) is 12.0 Å². The minimum Gasteiger partial charge on any atom is -0.313 e. The molecule has 0 saturated heterocycles. The van der Waals surface area contributed by atoms with Crippen molar-refractivity contribution in [3.05, 3.63) is 34.5 Å². The van der Waals surface area contributed by atoms with Crippen LogP contribution in [0.2, 0.25) is 0 Å². The van der Waals surface area contributed by atoms with Gasteiger partial charge in [-0.3, -0.25) is 4.79 Å². The lowest BCUT2D eigenvalue weighted by atomic mass is 10.4. The first-order valence-corrected chi connectivity index (χ1v) is 3.00. The molecule has 0 aliphatic rings. The van der Waals surface area contributed by atoms with Crippen molar-refractivity contribution in [3.63, 3.8) is 0 Å². The maximum Gasteiger partial charge on any atom is 0.251 e. The van der Waals surface area contributed by atoms with Crippen molar-refractivity contribution in [3.8, 4) is 0 Å². The predicted molar refractivity (Wildman–Crippen MR) is 39.6 cm³/mol. The highest BCUT2D eigenvalue weighted by molar-refractivity contribution is 5.42. The van der Waals surface area contributed by atoms with Gasteiger partial charge >= 0.3 is 0 Å². The van der Waals surface area contributed by atoms with E-state index in [9.17, 15) is 4.79 Å². The average Bonchev–Trinajstić information content (AvgIpc) is 1.88. The van der Waals surface area contributed by atoms with Crippen molar-refractivity contribution in [2.75, 3.05) is 0 Å². The van der Waals surface area contributed by atoms with Crippen LogP contribution in [-0.2, 0) is 0 Å². The fourth-order valence-corrected chi connectivity index (χ4v) is 0.646. The molecule has 1 rings (SSSR count). The molecule has 0 bridgehead atoms. The Morgan fingerprint density at radius 2 is 2.50 bits per heavy atom. The molecule has 1 heterocycles.